The first-order valence-electron chi connectivity index (χ1n) is 8.04. The Bertz CT molecular complexity index is 665. The van der Waals surface area contributed by atoms with Gasteiger partial charge in [0.1, 0.15) is 5.54 Å². The van der Waals surface area contributed by atoms with Gasteiger partial charge in [0.05, 0.1) is 13.7 Å². The molecule has 6 nitrogen and oxygen atoms in total. The summed E-state index contributed by atoms with van der Waals surface area (Å²) in [4.78, 5) is 37.7. The van der Waals surface area contributed by atoms with E-state index in [9.17, 15) is 14.4 Å². The number of rotatable bonds is 8. The molecule has 136 valence electrons. The molecule has 7 heteroatoms. The fraction of sp³-hybridized carbons (Fsp3) is 0.500. The topological polar surface area (TPSA) is 72.7 Å². The molecule has 1 aromatic carbocycles. The van der Waals surface area contributed by atoms with Gasteiger partial charge in [-0.25, -0.2) is 14.0 Å². The third-order valence-corrected chi connectivity index (χ3v) is 4.43. The minimum absolute atomic E-state index is 0.122. The quantitative estimate of drug-likeness (QED) is 0.403. The number of halogens is 1. The lowest BCUT2D eigenvalue weighted by Crippen LogP contribution is -2.49. The van der Waals surface area contributed by atoms with Crippen molar-refractivity contribution >= 4 is 17.7 Å². The number of esters is 2. The number of benzene rings is 1. The molecule has 1 aliphatic heterocycles. The van der Waals surface area contributed by atoms with Gasteiger partial charge in [0.2, 0.25) is 0 Å². The van der Waals surface area contributed by atoms with Crippen LogP contribution in [0.1, 0.15) is 25.8 Å². The molecule has 0 radical (unpaired) electrons. The summed E-state index contributed by atoms with van der Waals surface area (Å²) in [5, 5.41) is 0. The van der Waals surface area contributed by atoms with Crippen molar-refractivity contribution in [1.29, 1.82) is 0 Å². The number of carbonyl (C=O) groups is 3. The summed E-state index contributed by atoms with van der Waals surface area (Å²) in [6, 6.07) is 9.33. The number of Topliss-reactive ketones (excluding diaryl/α,β-unsaturated/α-hetero) is 1. The van der Waals surface area contributed by atoms with Crippen LogP contribution in [0, 0.1) is 0 Å². The van der Waals surface area contributed by atoms with E-state index in [0.29, 0.717) is 6.54 Å². The predicted molar refractivity (Wildman–Crippen MR) is 87.4 cm³/mol. The highest BCUT2D eigenvalue weighted by Gasteiger charge is 2.66. The Morgan fingerprint density at radius 1 is 1.28 bits per heavy atom. The average molecular weight is 351 g/mol. The van der Waals surface area contributed by atoms with Crippen LogP contribution in [0.25, 0.3) is 0 Å². The molecule has 0 N–H and O–H groups in total. The highest BCUT2D eigenvalue weighted by atomic mass is 19.1. The van der Waals surface area contributed by atoms with E-state index >= 15 is 4.39 Å². The largest absolute Gasteiger partial charge is 0.466 e. The van der Waals surface area contributed by atoms with E-state index in [0.717, 1.165) is 19.6 Å². The molecular weight excluding hydrogens is 329 g/mol. The first kappa shape index (κ1) is 19.1. The van der Waals surface area contributed by atoms with Crippen molar-refractivity contribution in [1.82, 2.24) is 4.90 Å². The fourth-order valence-electron chi connectivity index (χ4n) is 2.90. The molecular formula is C18H22FNO5. The molecule has 0 amide bonds. The molecule has 0 aliphatic carbocycles. The number of hydrogen-bond acceptors (Lipinski definition) is 6. The van der Waals surface area contributed by atoms with Gasteiger partial charge in [0.25, 0.3) is 5.67 Å². The third-order valence-electron chi connectivity index (χ3n) is 4.43. The third kappa shape index (κ3) is 3.71. The van der Waals surface area contributed by atoms with E-state index in [1.807, 2.05) is 30.3 Å². The average Bonchev–Trinajstić information content (AvgIpc) is 3.28. The van der Waals surface area contributed by atoms with Gasteiger partial charge in [-0.05, 0) is 19.4 Å². The normalized spacial score (nSPS) is 24.1. The zero-order valence-electron chi connectivity index (χ0n) is 14.6. The lowest BCUT2D eigenvalue weighted by molar-refractivity contribution is -0.162. The Kier molecular flexibility index (Phi) is 5.57. The maximum Gasteiger partial charge on any atom is 0.351 e. The first-order chi connectivity index (χ1) is 11.8. The van der Waals surface area contributed by atoms with Crippen LogP contribution >= 0.6 is 0 Å². The molecule has 1 aliphatic rings. The molecule has 0 aromatic heterocycles. The molecule has 0 saturated carbocycles. The standard InChI is InChI=1S/C18H22FNO5/c1-4-25-15(22)17(11-18(19,13(2)21)16(23)24-3)12-20(17)10-14-8-6-5-7-9-14/h5-9H,4,10-12H2,1-3H3. The molecule has 2 rings (SSSR count). The summed E-state index contributed by atoms with van der Waals surface area (Å²) in [5.74, 6) is -2.93. The van der Waals surface area contributed by atoms with Gasteiger partial charge in [0, 0.05) is 19.5 Å². The van der Waals surface area contributed by atoms with Crippen LogP contribution in [0.3, 0.4) is 0 Å². The minimum Gasteiger partial charge on any atom is -0.466 e. The van der Waals surface area contributed by atoms with Gasteiger partial charge in [-0.3, -0.25) is 9.69 Å². The van der Waals surface area contributed by atoms with Gasteiger partial charge in [-0.1, -0.05) is 30.3 Å². The maximum atomic E-state index is 15.1. The maximum absolute atomic E-state index is 15.1. The number of methoxy groups -OCH3 is 1. The number of hydrogen-bond donors (Lipinski definition) is 0. The van der Waals surface area contributed by atoms with E-state index in [4.69, 9.17) is 4.74 Å². The van der Waals surface area contributed by atoms with Crippen molar-refractivity contribution in [2.24, 2.45) is 0 Å². The zero-order valence-corrected chi connectivity index (χ0v) is 14.6. The van der Waals surface area contributed by atoms with Crippen LogP contribution in [0.5, 0.6) is 0 Å². The summed E-state index contributed by atoms with van der Waals surface area (Å²) >= 11 is 0. The van der Waals surface area contributed by atoms with Crippen molar-refractivity contribution in [2.75, 3.05) is 20.3 Å². The van der Waals surface area contributed by atoms with Crippen molar-refractivity contribution < 1.29 is 28.2 Å². The number of alkyl halides is 1. The van der Waals surface area contributed by atoms with Crippen LogP contribution in [0.4, 0.5) is 4.39 Å². The second-order valence-electron chi connectivity index (χ2n) is 6.12. The van der Waals surface area contributed by atoms with Crippen LogP contribution in [0.15, 0.2) is 30.3 Å². The SMILES string of the molecule is CCOC(=O)C1(CC(F)(C(C)=O)C(=O)OC)CN1Cc1ccccc1. The van der Waals surface area contributed by atoms with Gasteiger partial charge in [-0.15, -0.1) is 0 Å². The monoisotopic (exact) mass is 351 g/mol. The minimum atomic E-state index is -2.88. The highest BCUT2D eigenvalue weighted by Crippen LogP contribution is 2.43. The molecule has 3 atom stereocenters. The van der Waals surface area contributed by atoms with E-state index in [1.165, 1.54) is 0 Å². The smallest absolute Gasteiger partial charge is 0.351 e. The van der Waals surface area contributed by atoms with E-state index < -0.39 is 35.4 Å². The van der Waals surface area contributed by atoms with Gasteiger partial charge in [-0.2, -0.15) is 0 Å². The number of ketones is 1. The summed E-state index contributed by atoms with van der Waals surface area (Å²) in [5.41, 5.74) is -3.30. The predicted octanol–water partition coefficient (Wildman–Crippen LogP) is 1.66. The van der Waals surface area contributed by atoms with Crippen LogP contribution in [-0.2, 0) is 30.4 Å². The molecule has 1 fully saturated rings. The van der Waals surface area contributed by atoms with Crippen molar-refractivity contribution in [3.63, 3.8) is 0 Å². The Morgan fingerprint density at radius 2 is 1.92 bits per heavy atom. The van der Waals surface area contributed by atoms with Crippen LogP contribution in [-0.4, -0.2) is 54.1 Å². The molecule has 1 heterocycles. The lowest BCUT2D eigenvalue weighted by atomic mass is 9.88. The summed E-state index contributed by atoms with van der Waals surface area (Å²) in [6.07, 6.45) is -0.617. The second-order valence-corrected chi connectivity index (χ2v) is 6.12. The number of carbonyl (C=O) groups excluding carboxylic acids is 3. The summed E-state index contributed by atoms with van der Waals surface area (Å²) in [6.45, 7) is 3.33. The summed E-state index contributed by atoms with van der Waals surface area (Å²) < 4.78 is 24.6. The first-order valence-corrected chi connectivity index (χ1v) is 8.04. The Hall–Kier alpha value is -2.28. The molecule has 25 heavy (non-hydrogen) atoms. The molecule has 3 unspecified atom stereocenters. The Balaban J connectivity index is 2.27. The fourth-order valence-corrected chi connectivity index (χ4v) is 2.90. The molecule has 1 saturated heterocycles. The van der Waals surface area contributed by atoms with Gasteiger partial charge >= 0.3 is 11.9 Å². The van der Waals surface area contributed by atoms with Crippen LogP contribution < -0.4 is 0 Å². The van der Waals surface area contributed by atoms with Crippen LogP contribution in [0.2, 0.25) is 0 Å². The van der Waals surface area contributed by atoms with E-state index in [-0.39, 0.29) is 13.2 Å². The Labute approximate surface area is 145 Å². The van der Waals surface area contributed by atoms with Crippen molar-refractivity contribution in [3.8, 4) is 0 Å². The second kappa shape index (κ2) is 7.31. The van der Waals surface area contributed by atoms with Gasteiger partial charge in [0.15, 0.2) is 5.78 Å². The van der Waals surface area contributed by atoms with Gasteiger partial charge < -0.3 is 9.47 Å². The number of nitrogens with zero attached hydrogens (tertiary/aromatic N) is 1. The molecule has 0 bridgehead atoms. The highest BCUT2D eigenvalue weighted by molar-refractivity contribution is 6.07. The Morgan fingerprint density at radius 3 is 2.44 bits per heavy atom. The molecule has 1 aromatic rings. The van der Waals surface area contributed by atoms with E-state index in [1.54, 1.807) is 11.8 Å². The number of ether oxygens (including phenoxy) is 2. The van der Waals surface area contributed by atoms with E-state index in [2.05, 4.69) is 4.74 Å². The zero-order chi connectivity index (χ0) is 18.7. The molecule has 0 spiro atoms. The lowest BCUT2D eigenvalue weighted by Gasteiger charge is -2.25. The van der Waals surface area contributed by atoms with Crippen molar-refractivity contribution in [2.45, 2.75) is 38.0 Å². The van der Waals surface area contributed by atoms with Crippen molar-refractivity contribution in [3.05, 3.63) is 35.9 Å². The summed E-state index contributed by atoms with van der Waals surface area (Å²) in [7, 11) is 1.01.